The van der Waals surface area contributed by atoms with Crippen LogP contribution in [0.1, 0.15) is 26.6 Å². The van der Waals surface area contributed by atoms with Crippen LogP contribution in [0.4, 0.5) is 0 Å². The van der Waals surface area contributed by atoms with Crippen LogP contribution in [0.5, 0.6) is 0 Å². The van der Waals surface area contributed by atoms with Gasteiger partial charge in [-0.2, -0.15) is 0 Å². The molecule has 0 aliphatic carbocycles. The van der Waals surface area contributed by atoms with Gasteiger partial charge >= 0.3 is 0 Å². The summed E-state index contributed by atoms with van der Waals surface area (Å²) in [6.45, 7) is 1.60. The molecule has 0 bridgehead atoms. The number of amides is 1. The van der Waals surface area contributed by atoms with Crippen LogP contribution in [0, 0.1) is 0 Å². The van der Waals surface area contributed by atoms with Crippen molar-refractivity contribution >= 4 is 17.2 Å². The van der Waals surface area contributed by atoms with E-state index in [0.29, 0.717) is 43.0 Å². The second-order valence-corrected chi connectivity index (χ2v) is 6.77. The second kappa shape index (κ2) is 6.09. The zero-order valence-electron chi connectivity index (χ0n) is 12.9. The van der Waals surface area contributed by atoms with Crippen molar-refractivity contribution in [2.45, 2.75) is 19.5 Å². The molecule has 0 aromatic carbocycles. The number of aromatic amines is 1. The molecule has 4 heterocycles. The highest BCUT2D eigenvalue weighted by Crippen LogP contribution is 2.18. The molecule has 0 unspecified atom stereocenters. The molecule has 3 aromatic heterocycles. The maximum absolute atomic E-state index is 12.9. The Hall–Kier alpha value is -2.67. The summed E-state index contributed by atoms with van der Waals surface area (Å²) in [5.74, 6) is -0.0238. The summed E-state index contributed by atoms with van der Waals surface area (Å²) in [5, 5.41) is 2.03. The summed E-state index contributed by atoms with van der Waals surface area (Å²) < 4.78 is 1.97. The van der Waals surface area contributed by atoms with Crippen molar-refractivity contribution < 1.29 is 4.79 Å². The van der Waals surface area contributed by atoms with Gasteiger partial charge in [0, 0.05) is 23.2 Å². The zero-order valence-corrected chi connectivity index (χ0v) is 13.8. The molecular formula is C17H16N4O2S. The van der Waals surface area contributed by atoms with Gasteiger partial charge in [0.05, 0.1) is 25.1 Å². The molecule has 1 aliphatic heterocycles. The number of rotatable bonds is 3. The van der Waals surface area contributed by atoms with Gasteiger partial charge in [-0.1, -0.05) is 6.07 Å². The van der Waals surface area contributed by atoms with Gasteiger partial charge < -0.3 is 14.5 Å². The average Bonchev–Trinajstić information content (AvgIpc) is 3.26. The van der Waals surface area contributed by atoms with E-state index in [9.17, 15) is 9.59 Å². The molecule has 0 saturated carbocycles. The number of fused-ring (bicyclic) bond motifs is 1. The Bertz CT molecular complexity index is 926. The van der Waals surface area contributed by atoms with Gasteiger partial charge in [-0.15, -0.1) is 11.3 Å². The van der Waals surface area contributed by atoms with Crippen LogP contribution in [0.15, 0.2) is 47.0 Å². The fourth-order valence-corrected chi connectivity index (χ4v) is 3.72. The number of H-pyrrole nitrogens is 1. The van der Waals surface area contributed by atoms with E-state index in [2.05, 4.69) is 16.0 Å². The van der Waals surface area contributed by atoms with Gasteiger partial charge in [0.2, 0.25) is 0 Å². The minimum atomic E-state index is -0.104. The summed E-state index contributed by atoms with van der Waals surface area (Å²) >= 11 is 1.68. The largest absolute Gasteiger partial charge is 0.338 e. The van der Waals surface area contributed by atoms with Crippen LogP contribution in [-0.4, -0.2) is 31.9 Å². The highest BCUT2D eigenvalue weighted by Gasteiger charge is 2.25. The third kappa shape index (κ3) is 2.67. The Balaban J connectivity index is 1.57. The first-order valence-corrected chi connectivity index (χ1v) is 8.62. The van der Waals surface area contributed by atoms with Crippen LogP contribution in [0.25, 0.3) is 0 Å². The van der Waals surface area contributed by atoms with E-state index in [1.54, 1.807) is 16.2 Å². The van der Waals surface area contributed by atoms with E-state index in [1.165, 1.54) is 11.2 Å². The predicted octanol–water partition coefficient (Wildman–Crippen LogP) is 1.88. The van der Waals surface area contributed by atoms with Gasteiger partial charge in [0.25, 0.3) is 11.5 Å². The van der Waals surface area contributed by atoms with Crippen LogP contribution < -0.4 is 5.56 Å². The summed E-state index contributed by atoms with van der Waals surface area (Å²) in [5.41, 5.74) is 1.94. The van der Waals surface area contributed by atoms with Gasteiger partial charge in [0.15, 0.2) is 0 Å². The van der Waals surface area contributed by atoms with E-state index < -0.39 is 0 Å². The first-order chi connectivity index (χ1) is 11.7. The van der Waals surface area contributed by atoms with Gasteiger partial charge in [-0.25, -0.2) is 4.98 Å². The molecule has 7 heteroatoms. The lowest BCUT2D eigenvalue weighted by atomic mass is 10.1. The number of hydrogen-bond donors (Lipinski definition) is 1. The highest BCUT2D eigenvalue weighted by atomic mass is 32.1. The smallest absolute Gasteiger partial charge is 0.270 e. The first-order valence-electron chi connectivity index (χ1n) is 7.74. The van der Waals surface area contributed by atoms with Crippen molar-refractivity contribution in [3.05, 3.63) is 74.4 Å². The maximum atomic E-state index is 12.9. The van der Waals surface area contributed by atoms with E-state index in [-0.39, 0.29) is 11.5 Å². The van der Waals surface area contributed by atoms with E-state index in [0.717, 1.165) is 0 Å². The van der Waals surface area contributed by atoms with Gasteiger partial charge in [-0.3, -0.25) is 9.59 Å². The summed E-state index contributed by atoms with van der Waals surface area (Å²) in [4.78, 5) is 34.5. The number of carbonyl (C=O) groups excluding carboxylic acids is 1. The van der Waals surface area contributed by atoms with Crippen molar-refractivity contribution in [1.82, 2.24) is 19.4 Å². The lowest BCUT2D eigenvalue weighted by Crippen LogP contribution is -2.39. The third-order valence-corrected chi connectivity index (χ3v) is 5.11. The Labute approximate surface area is 142 Å². The number of nitrogens with one attached hydrogen (secondary N) is 1. The first kappa shape index (κ1) is 14.9. The maximum Gasteiger partial charge on any atom is 0.270 e. The van der Waals surface area contributed by atoms with Crippen molar-refractivity contribution in [2.75, 3.05) is 6.54 Å². The molecule has 1 amide bonds. The number of carbonyl (C=O) groups is 1. The molecule has 0 saturated heterocycles. The third-order valence-electron chi connectivity index (χ3n) is 4.25. The summed E-state index contributed by atoms with van der Waals surface area (Å²) in [6, 6.07) is 7.81. The quantitative estimate of drug-likeness (QED) is 0.791. The number of nitrogens with zero attached hydrogens (tertiary/aromatic N) is 3. The molecule has 122 valence electrons. The number of hydrogen-bond acceptors (Lipinski definition) is 4. The van der Waals surface area contributed by atoms with Crippen LogP contribution >= 0.6 is 11.3 Å². The standard InChI is InChI=1S/C17H16N4O2S/c22-16-13-5-7-21(10-14(13)18-11-19-16)17(23)15-4-1-6-20(15)9-12-3-2-8-24-12/h1-4,6,8,11H,5,7,9-10H2,(H,18,19,22). The van der Waals surface area contributed by atoms with Gasteiger partial charge in [0.1, 0.15) is 5.69 Å². The molecule has 0 radical (unpaired) electrons. The number of thiophene rings is 1. The molecule has 24 heavy (non-hydrogen) atoms. The van der Waals surface area contributed by atoms with Crippen molar-refractivity contribution in [2.24, 2.45) is 0 Å². The summed E-state index contributed by atoms with van der Waals surface area (Å²) in [6.07, 6.45) is 3.86. The molecule has 1 N–H and O–H groups in total. The Morgan fingerprint density at radius 1 is 1.33 bits per heavy atom. The lowest BCUT2D eigenvalue weighted by molar-refractivity contribution is 0.0721. The second-order valence-electron chi connectivity index (χ2n) is 5.73. The Morgan fingerprint density at radius 2 is 2.25 bits per heavy atom. The molecule has 4 rings (SSSR count). The SMILES string of the molecule is O=C(c1cccn1Cc1cccs1)N1CCc2c(nc[nH]c2=O)C1. The van der Waals surface area contributed by atoms with Crippen LogP contribution in [0.3, 0.4) is 0 Å². The Kier molecular flexibility index (Phi) is 3.78. The predicted molar refractivity (Wildman–Crippen MR) is 91.2 cm³/mol. The van der Waals surface area contributed by atoms with Crippen molar-refractivity contribution in [1.29, 1.82) is 0 Å². The molecule has 6 nitrogen and oxygen atoms in total. The highest BCUT2D eigenvalue weighted by molar-refractivity contribution is 7.09. The van der Waals surface area contributed by atoms with E-state index in [4.69, 9.17) is 0 Å². The molecule has 0 fully saturated rings. The molecule has 0 spiro atoms. The minimum Gasteiger partial charge on any atom is -0.338 e. The van der Waals surface area contributed by atoms with E-state index >= 15 is 0 Å². The minimum absolute atomic E-state index is 0.0238. The topological polar surface area (TPSA) is 71.0 Å². The molecule has 0 atom stereocenters. The monoisotopic (exact) mass is 340 g/mol. The van der Waals surface area contributed by atoms with Crippen molar-refractivity contribution in [3.63, 3.8) is 0 Å². The van der Waals surface area contributed by atoms with Gasteiger partial charge in [-0.05, 0) is 30.0 Å². The van der Waals surface area contributed by atoms with Crippen molar-refractivity contribution in [3.8, 4) is 0 Å². The van der Waals surface area contributed by atoms with Crippen LogP contribution in [-0.2, 0) is 19.5 Å². The summed E-state index contributed by atoms with van der Waals surface area (Å²) in [7, 11) is 0. The molecule has 1 aliphatic rings. The lowest BCUT2D eigenvalue weighted by Gasteiger charge is -2.27. The fraction of sp³-hybridized carbons (Fsp3) is 0.235. The van der Waals surface area contributed by atoms with Crippen LogP contribution in [0.2, 0.25) is 0 Å². The number of aromatic nitrogens is 3. The Morgan fingerprint density at radius 3 is 3.08 bits per heavy atom. The normalized spacial score (nSPS) is 13.8. The molecule has 3 aromatic rings. The molecular weight excluding hydrogens is 324 g/mol. The average molecular weight is 340 g/mol. The fourth-order valence-electron chi connectivity index (χ4n) is 3.02. The van der Waals surface area contributed by atoms with E-state index in [1.807, 2.05) is 34.3 Å². The zero-order chi connectivity index (χ0) is 16.5.